The molecule has 0 radical (unpaired) electrons. The highest BCUT2D eigenvalue weighted by Crippen LogP contribution is 2.34. The zero-order valence-corrected chi connectivity index (χ0v) is 74.7. The minimum absolute atomic E-state index is 0.0566. The van der Waals surface area contributed by atoms with Gasteiger partial charge in [-0.3, -0.25) is 44.1 Å². The van der Waals surface area contributed by atoms with Gasteiger partial charge in [-0.15, -0.1) is 0 Å². The van der Waals surface area contributed by atoms with Crippen LogP contribution in [0.5, 0.6) is 5.75 Å². The summed E-state index contributed by atoms with van der Waals surface area (Å²) in [6.45, 7) is 21.4. The molecule has 0 saturated heterocycles. The second-order valence-corrected chi connectivity index (χ2v) is 32.1. The Hall–Kier alpha value is -16.3. The van der Waals surface area contributed by atoms with Crippen LogP contribution in [-0.4, -0.2) is 81.2 Å². The molecular weight excluding hydrogens is 1640 g/mol. The van der Waals surface area contributed by atoms with Crippen LogP contribution in [0.3, 0.4) is 0 Å². The van der Waals surface area contributed by atoms with Gasteiger partial charge in [0.25, 0.3) is 11.1 Å². The maximum atomic E-state index is 12.3. The van der Waals surface area contributed by atoms with Crippen molar-refractivity contribution in [1.29, 1.82) is 0 Å². The number of phenols is 1. The number of benzene rings is 13. The van der Waals surface area contributed by atoms with Gasteiger partial charge in [-0.2, -0.15) is 10.2 Å². The highest BCUT2D eigenvalue weighted by molar-refractivity contribution is 7.91. The Morgan fingerprint density at radius 2 is 0.815 bits per heavy atom. The average Bonchev–Trinajstić information content (AvgIpc) is 0.741. The molecule has 0 bridgehead atoms. The number of para-hydroxylation sites is 7. The Balaban J connectivity index is 0.000000131. The van der Waals surface area contributed by atoms with Gasteiger partial charge < -0.3 is 15.1 Å². The number of ketones is 3. The highest BCUT2D eigenvalue weighted by Gasteiger charge is 2.34. The van der Waals surface area contributed by atoms with Crippen LogP contribution in [0.25, 0.3) is 87.7 Å². The predicted octanol–water partition coefficient (Wildman–Crippen LogP) is 22.9. The standard InChI is InChI=1S/C15H10O2.C13H8O3S.C13H12.C10H9NO.C10H10NO.C10H9NO.C10H9N.C9H8N2O.2C9H8N2.C2H6/c1-9-6-7-12-13(8-9)15(17)11-5-3-2-4-10(11)14(12)16;14-13-9-5-1-3-7-11(9)17(15,16)12-8-4-2-6-10(12)13;1-11-7-9-13(10-8-11)12-5-3-2-4-6-12;1-7-2-3-8-6-9(12)4-5-10(8)11-7;1-8-6-7-9-4-2-3-5-10(9)11(8)12;1-7-6-10(12)8-4-2-3-5-9(8)11-7;1-8-6-7-9-4-2-3-5-10(9)11-8;1-6-9(12)11-8-5-3-2-4-7(8)10-6;1-7-6-10-8-4-2-3-5-9(8)11-7;1-7-6-10-11-9-5-3-2-4-8(7)9;1-2/h2-8H,1H3;1-8H;2-10H,1H3;2-6,12H,1H3;2-7,12H,1H3;2-6H,1H3,(H,11,12);2-7H,1H3;2-5H,1H3,(H,11,12);2*2-6H,1H3;1-2H3/q;;;;+1;;;;;;. The fraction of sp³-hybridized carbons (Fsp3) is 0.100. The van der Waals surface area contributed by atoms with Crippen molar-refractivity contribution in [2.75, 3.05) is 0 Å². The molecule has 7 aromatic heterocycles. The van der Waals surface area contributed by atoms with Gasteiger partial charge in [-0.05, 0) is 193 Å². The number of pyridine rings is 4. The number of rotatable bonds is 1. The third kappa shape index (κ3) is 23.6. The summed E-state index contributed by atoms with van der Waals surface area (Å²) in [5.74, 6) is -0.0618. The maximum absolute atomic E-state index is 12.3. The van der Waals surface area contributed by atoms with Gasteiger partial charge in [0.2, 0.25) is 15.5 Å². The number of aromatic nitrogens is 10. The van der Waals surface area contributed by atoms with Crippen LogP contribution in [0.4, 0.5) is 0 Å². The molecule has 2 aliphatic rings. The number of nitrogens with zero attached hydrogens (tertiary/aromatic N) is 8. The molecule has 20 aromatic rings. The summed E-state index contributed by atoms with van der Waals surface area (Å²) in [7, 11) is -3.56. The number of sulfone groups is 1. The van der Waals surface area contributed by atoms with E-state index in [9.17, 15) is 42.7 Å². The summed E-state index contributed by atoms with van der Waals surface area (Å²) in [6, 6.07) is 109. The third-order valence-corrected chi connectivity index (χ3v) is 22.5. The lowest BCUT2D eigenvalue weighted by molar-refractivity contribution is -0.888. The fourth-order valence-corrected chi connectivity index (χ4v) is 15.6. The zero-order chi connectivity index (χ0) is 92.4. The number of nitrogens with one attached hydrogen (secondary N) is 2. The van der Waals surface area contributed by atoms with Gasteiger partial charge in [0, 0.05) is 114 Å². The van der Waals surface area contributed by atoms with E-state index in [4.69, 9.17) is 0 Å². The molecule has 0 atom stereocenters. The lowest BCUT2D eigenvalue weighted by atomic mass is 9.83. The molecule has 1 aliphatic carbocycles. The molecule has 1 aliphatic heterocycles. The van der Waals surface area contributed by atoms with Crippen LogP contribution in [-0.2, 0) is 9.84 Å². The number of aryl methyl sites for hydroxylation is 9. The molecular formula is C110H97N10O9S+. The van der Waals surface area contributed by atoms with E-state index in [2.05, 4.69) is 119 Å². The van der Waals surface area contributed by atoms with E-state index in [1.165, 1.54) is 49.9 Å². The third-order valence-electron chi connectivity index (χ3n) is 20.6. The van der Waals surface area contributed by atoms with Gasteiger partial charge in [0.05, 0.1) is 65.7 Å². The molecule has 130 heavy (non-hydrogen) atoms. The van der Waals surface area contributed by atoms with Crippen LogP contribution < -0.4 is 15.7 Å². The number of hydrogen-bond donors (Lipinski definition) is 4. The topological polar surface area (TPSA) is 286 Å². The molecule has 19 nitrogen and oxygen atoms in total. The summed E-state index contributed by atoms with van der Waals surface area (Å²) in [6.07, 6.45) is 3.56. The average molecular weight is 1740 g/mol. The Morgan fingerprint density at radius 3 is 1.47 bits per heavy atom. The van der Waals surface area contributed by atoms with E-state index in [1.807, 2.05) is 244 Å². The van der Waals surface area contributed by atoms with Gasteiger partial charge in [0.15, 0.2) is 22.8 Å². The minimum atomic E-state index is -3.56. The lowest BCUT2D eigenvalue weighted by Crippen LogP contribution is -2.34. The fourth-order valence-electron chi connectivity index (χ4n) is 13.9. The first-order chi connectivity index (χ1) is 62.8. The molecule has 0 amide bonds. The number of aromatic amines is 2. The molecule has 22 rings (SSSR count). The number of H-pyrrole nitrogens is 2. The predicted molar refractivity (Wildman–Crippen MR) is 520 cm³/mol. The van der Waals surface area contributed by atoms with Crippen molar-refractivity contribution in [3.05, 3.63) is 469 Å². The van der Waals surface area contributed by atoms with E-state index in [0.717, 1.165) is 99.8 Å². The maximum Gasteiger partial charge on any atom is 0.269 e. The van der Waals surface area contributed by atoms with Crippen molar-refractivity contribution in [3.63, 3.8) is 0 Å². The second kappa shape index (κ2) is 44.0. The van der Waals surface area contributed by atoms with E-state index in [0.29, 0.717) is 27.9 Å². The minimum Gasteiger partial charge on any atom is -0.508 e. The summed E-state index contributed by atoms with van der Waals surface area (Å²) in [5.41, 5.74) is 22.1. The van der Waals surface area contributed by atoms with Crippen LogP contribution in [0.1, 0.15) is 112 Å². The smallest absolute Gasteiger partial charge is 0.269 e. The summed E-state index contributed by atoms with van der Waals surface area (Å²) < 4.78 is 25.8. The van der Waals surface area contributed by atoms with Crippen LogP contribution >= 0.6 is 0 Å². The summed E-state index contributed by atoms with van der Waals surface area (Å²) >= 11 is 0. The van der Waals surface area contributed by atoms with Crippen LogP contribution in [0.15, 0.2) is 384 Å². The normalized spacial score (nSPS) is 11.3. The molecule has 20 heteroatoms. The summed E-state index contributed by atoms with van der Waals surface area (Å²) in [5, 5.41) is 31.8. The number of carbonyl (C=O) groups excluding carboxylic acids is 3. The molecule has 646 valence electrons. The highest BCUT2D eigenvalue weighted by atomic mass is 32.2. The number of aromatic hydroxyl groups is 1. The Bertz CT molecular complexity index is 7510. The first-order valence-electron chi connectivity index (χ1n) is 42.1. The number of hydrogen-bond acceptors (Lipinski definition) is 16. The second-order valence-electron chi connectivity index (χ2n) is 30.2. The zero-order valence-electron chi connectivity index (χ0n) is 73.9. The van der Waals surface area contributed by atoms with Crippen LogP contribution in [0, 0.1) is 62.3 Å². The Labute approximate surface area is 753 Å². The quantitative estimate of drug-likeness (QED) is 0.0877. The van der Waals surface area contributed by atoms with E-state index in [1.54, 1.807) is 110 Å². The molecule has 4 N–H and O–H groups in total. The first kappa shape index (κ1) is 92.9. The Kier molecular flexibility index (Phi) is 31.4. The number of phenolic OH excluding ortho intramolecular Hbond substituents is 1. The van der Waals surface area contributed by atoms with Crippen molar-refractivity contribution in [3.8, 4) is 16.9 Å². The van der Waals surface area contributed by atoms with E-state index in [-0.39, 0.29) is 55.0 Å². The SMILES string of the molecule is CC.Cc1cc(=O)c2ccccc2[nH]1.Cc1ccc(-c2ccccc2)cc1.Cc1ccc2c(c1)C(=O)c1ccccc1C2=O.Cc1ccc2cc(O)ccc2n1.Cc1ccc2ccccc2[n+]1O.Cc1ccc2ccccc2n1.Cc1cnc2ccccc2n1.Cc1cnnc2ccccc12.Cc1nc2ccccc2[nH]c1=O.O=C1c2ccccc2S(=O)(=O)c2ccccc21. The van der Waals surface area contributed by atoms with Crippen molar-refractivity contribution in [2.24, 2.45) is 0 Å². The van der Waals surface area contributed by atoms with Crippen molar-refractivity contribution >= 4 is 104 Å². The van der Waals surface area contributed by atoms with Crippen LogP contribution in [0.2, 0.25) is 0 Å². The molecule has 0 unspecified atom stereocenters. The van der Waals surface area contributed by atoms with Crippen molar-refractivity contribution in [2.45, 2.75) is 86.0 Å². The Morgan fingerprint density at radius 1 is 0.338 bits per heavy atom. The molecule has 0 spiro atoms. The van der Waals surface area contributed by atoms with E-state index >= 15 is 0 Å². The molecule has 0 fully saturated rings. The largest absolute Gasteiger partial charge is 0.508 e. The molecule has 13 aromatic carbocycles. The van der Waals surface area contributed by atoms with Crippen molar-refractivity contribution in [1.82, 2.24) is 45.1 Å². The summed E-state index contributed by atoms with van der Waals surface area (Å²) in [4.78, 5) is 86.5. The van der Waals surface area contributed by atoms with Gasteiger partial charge in [0.1, 0.15) is 11.4 Å². The van der Waals surface area contributed by atoms with Gasteiger partial charge in [-0.1, -0.05) is 237 Å². The van der Waals surface area contributed by atoms with Gasteiger partial charge in [-0.25, -0.2) is 18.4 Å². The molecule has 0 saturated carbocycles. The first-order valence-corrected chi connectivity index (χ1v) is 43.6. The lowest BCUT2D eigenvalue weighted by Gasteiger charge is -2.17. The number of carbonyl (C=O) groups is 3. The molecule has 8 heterocycles. The monoisotopic (exact) mass is 1730 g/mol. The van der Waals surface area contributed by atoms with Gasteiger partial charge >= 0.3 is 0 Å². The number of fused-ring (bicyclic) bond motifs is 11. The van der Waals surface area contributed by atoms with Crippen molar-refractivity contribution < 1.29 is 37.8 Å². The van der Waals surface area contributed by atoms with E-state index < -0.39 is 9.84 Å².